The molecule has 0 saturated carbocycles. The van der Waals surface area contributed by atoms with Crippen LogP contribution in [0.3, 0.4) is 0 Å². The molecule has 1 aromatic rings. The zero-order valence-corrected chi connectivity index (χ0v) is 13.2. The van der Waals surface area contributed by atoms with Gasteiger partial charge in [-0.25, -0.2) is 0 Å². The van der Waals surface area contributed by atoms with Crippen LogP contribution in [0.2, 0.25) is 0 Å². The van der Waals surface area contributed by atoms with E-state index in [-0.39, 0.29) is 0 Å². The lowest BCUT2D eigenvalue weighted by atomic mass is 10.0. The van der Waals surface area contributed by atoms with E-state index in [0.717, 1.165) is 12.5 Å². The molecule has 0 N–H and O–H groups in total. The van der Waals surface area contributed by atoms with Crippen molar-refractivity contribution in [1.29, 1.82) is 0 Å². The molecule has 3 heteroatoms. The minimum Gasteiger partial charge on any atom is -0.309 e. The van der Waals surface area contributed by atoms with E-state index in [2.05, 4.69) is 55.1 Å². The van der Waals surface area contributed by atoms with Gasteiger partial charge in [-0.15, -0.1) is 11.8 Å². The summed E-state index contributed by atoms with van der Waals surface area (Å²) < 4.78 is 0. The summed E-state index contributed by atoms with van der Waals surface area (Å²) in [5.74, 6) is 1.98. The van der Waals surface area contributed by atoms with Gasteiger partial charge in [-0.1, -0.05) is 25.1 Å². The molecule has 1 unspecified atom stereocenters. The third kappa shape index (κ3) is 4.23. The third-order valence-electron chi connectivity index (χ3n) is 3.80. The molecule has 0 amide bonds. The number of thioether (sulfide) groups is 1. The van der Waals surface area contributed by atoms with Crippen LogP contribution in [0.5, 0.6) is 0 Å². The van der Waals surface area contributed by atoms with E-state index in [4.69, 9.17) is 0 Å². The van der Waals surface area contributed by atoms with Gasteiger partial charge < -0.3 is 9.80 Å². The molecule has 0 fully saturated rings. The van der Waals surface area contributed by atoms with Gasteiger partial charge in [0.2, 0.25) is 0 Å². The molecular weight excluding hydrogens is 252 g/mol. The molecule has 1 aliphatic heterocycles. The van der Waals surface area contributed by atoms with E-state index in [9.17, 15) is 0 Å². The number of likely N-dealkylation sites (N-methyl/N-ethyl adjacent to an activating group) is 1. The molecule has 2 rings (SSSR count). The second kappa shape index (κ2) is 7.32. The number of hydrogen-bond donors (Lipinski definition) is 0. The Balaban J connectivity index is 1.86. The molecule has 0 aromatic heterocycles. The van der Waals surface area contributed by atoms with Gasteiger partial charge in [0, 0.05) is 23.1 Å². The molecule has 0 saturated heterocycles. The van der Waals surface area contributed by atoms with Crippen molar-refractivity contribution in [3.63, 3.8) is 0 Å². The Morgan fingerprint density at radius 3 is 2.74 bits per heavy atom. The summed E-state index contributed by atoms with van der Waals surface area (Å²) in [6.45, 7) is 7.07. The molecule has 0 spiro atoms. The largest absolute Gasteiger partial charge is 0.309 e. The zero-order valence-electron chi connectivity index (χ0n) is 12.4. The van der Waals surface area contributed by atoms with Crippen LogP contribution in [0, 0.1) is 0 Å². The summed E-state index contributed by atoms with van der Waals surface area (Å²) in [6, 6.07) is 8.92. The fourth-order valence-electron chi connectivity index (χ4n) is 2.68. The van der Waals surface area contributed by atoms with Crippen molar-refractivity contribution < 1.29 is 0 Å². The summed E-state index contributed by atoms with van der Waals surface area (Å²) in [6.07, 6.45) is 1.27. The first kappa shape index (κ1) is 14.9. The number of hydrogen-bond acceptors (Lipinski definition) is 3. The Morgan fingerprint density at radius 1 is 1.21 bits per heavy atom. The fraction of sp³-hybridized carbons (Fsp3) is 0.625. The lowest BCUT2D eigenvalue weighted by Crippen LogP contribution is -2.31. The third-order valence-corrected chi connectivity index (χ3v) is 5.06. The van der Waals surface area contributed by atoms with Crippen LogP contribution in [0.25, 0.3) is 0 Å². The summed E-state index contributed by atoms with van der Waals surface area (Å²) in [5, 5.41) is 0. The topological polar surface area (TPSA) is 6.48 Å². The number of rotatable bonds is 7. The minimum atomic E-state index is 0.723. The molecule has 0 radical (unpaired) electrons. The molecular formula is C16H26N2S. The van der Waals surface area contributed by atoms with Gasteiger partial charge >= 0.3 is 0 Å². The van der Waals surface area contributed by atoms with Crippen molar-refractivity contribution in [1.82, 2.24) is 9.80 Å². The molecule has 1 heterocycles. The Morgan fingerprint density at radius 2 is 2.00 bits per heavy atom. The van der Waals surface area contributed by atoms with E-state index in [1.807, 2.05) is 11.8 Å². The lowest BCUT2D eigenvalue weighted by molar-refractivity contribution is 0.256. The van der Waals surface area contributed by atoms with Gasteiger partial charge in [-0.3, -0.25) is 0 Å². The molecule has 1 atom stereocenters. The van der Waals surface area contributed by atoms with Crippen molar-refractivity contribution in [2.75, 3.05) is 46.0 Å². The predicted octanol–water partition coefficient (Wildman–Crippen LogP) is 3.15. The van der Waals surface area contributed by atoms with Crippen LogP contribution in [0.1, 0.15) is 24.8 Å². The molecule has 106 valence electrons. The van der Waals surface area contributed by atoms with Crippen molar-refractivity contribution in [2.45, 2.75) is 24.2 Å². The van der Waals surface area contributed by atoms with Gasteiger partial charge in [0.15, 0.2) is 0 Å². The first-order valence-electron chi connectivity index (χ1n) is 7.29. The van der Waals surface area contributed by atoms with E-state index < -0.39 is 0 Å². The molecule has 19 heavy (non-hydrogen) atoms. The fourth-order valence-corrected chi connectivity index (χ4v) is 3.92. The Hall–Kier alpha value is -0.510. The van der Waals surface area contributed by atoms with Crippen LogP contribution in [-0.4, -0.2) is 55.8 Å². The highest BCUT2D eigenvalue weighted by Crippen LogP contribution is 2.39. The SMILES string of the molecule is CCN(CCCN(C)C)CC1CSc2ccccc21. The normalized spacial score (nSPS) is 18.3. The van der Waals surface area contributed by atoms with Crippen LogP contribution in [-0.2, 0) is 0 Å². The van der Waals surface area contributed by atoms with Gasteiger partial charge in [-0.05, 0) is 51.8 Å². The Bertz CT molecular complexity index is 392. The second-order valence-corrected chi connectivity index (χ2v) is 6.66. The standard InChI is InChI=1S/C16H26N2S/c1-4-18(11-7-10-17(2)3)12-14-13-19-16-9-6-5-8-15(14)16/h5-6,8-9,14H,4,7,10-13H2,1-3H3. The Labute approximate surface area is 122 Å². The van der Waals surface area contributed by atoms with Crippen LogP contribution in [0.15, 0.2) is 29.2 Å². The smallest absolute Gasteiger partial charge is 0.0108 e. The monoisotopic (exact) mass is 278 g/mol. The average molecular weight is 278 g/mol. The molecule has 2 nitrogen and oxygen atoms in total. The maximum absolute atomic E-state index is 2.61. The van der Waals surface area contributed by atoms with Gasteiger partial charge in [0.05, 0.1) is 0 Å². The highest BCUT2D eigenvalue weighted by Gasteiger charge is 2.24. The number of fused-ring (bicyclic) bond motifs is 1. The zero-order chi connectivity index (χ0) is 13.7. The summed E-state index contributed by atoms with van der Waals surface area (Å²) >= 11 is 2.02. The number of benzene rings is 1. The Kier molecular flexibility index (Phi) is 5.74. The number of nitrogens with zero attached hydrogens (tertiary/aromatic N) is 2. The van der Waals surface area contributed by atoms with E-state index >= 15 is 0 Å². The van der Waals surface area contributed by atoms with E-state index in [1.54, 1.807) is 5.56 Å². The van der Waals surface area contributed by atoms with Crippen LogP contribution >= 0.6 is 11.8 Å². The quantitative estimate of drug-likeness (QED) is 0.756. The first-order valence-corrected chi connectivity index (χ1v) is 8.28. The van der Waals surface area contributed by atoms with Gasteiger partial charge in [-0.2, -0.15) is 0 Å². The summed E-state index contributed by atoms with van der Waals surface area (Å²) in [4.78, 5) is 6.38. The molecule has 0 aliphatic carbocycles. The maximum atomic E-state index is 2.61. The van der Waals surface area contributed by atoms with Crippen molar-refractivity contribution in [3.8, 4) is 0 Å². The molecule has 0 bridgehead atoms. The highest BCUT2D eigenvalue weighted by molar-refractivity contribution is 7.99. The molecule has 1 aromatic carbocycles. The average Bonchev–Trinajstić information content (AvgIpc) is 2.80. The summed E-state index contributed by atoms with van der Waals surface area (Å²) in [7, 11) is 4.31. The van der Waals surface area contributed by atoms with Crippen LogP contribution < -0.4 is 0 Å². The van der Waals surface area contributed by atoms with Crippen LogP contribution in [0.4, 0.5) is 0 Å². The summed E-state index contributed by atoms with van der Waals surface area (Å²) in [5.41, 5.74) is 1.57. The first-order chi connectivity index (χ1) is 9.20. The van der Waals surface area contributed by atoms with Crippen molar-refractivity contribution >= 4 is 11.8 Å². The lowest BCUT2D eigenvalue weighted by Gasteiger charge is -2.25. The predicted molar refractivity (Wildman–Crippen MR) is 85.2 cm³/mol. The van der Waals surface area contributed by atoms with E-state index in [0.29, 0.717) is 0 Å². The maximum Gasteiger partial charge on any atom is 0.0108 e. The molecule has 1 aliphatic rings. The van der Waals surface area contributed by atoms with Crippen molar-refractivity contribution in [3.05, 3.63) is 29.8 Å². The van der Waals surface area contributed by atoms with Crippen molar-refractivity contribution in [2.24, 2.45) is 0 Å². The second-order valence-electron chi connectivity index (χ2n) is 5.60. The van der Waals surface area contributed by atoms with Gasteiger partial charge in [0.1, 0.15) is 0 Å². The van der Waals surface area contributed by atoms with E-state index in [1.165, 1.54) is 36.7 Å². The van der Waals surface area contributed by atoms with Gasteiger partial charge in [0.25, 0.3) is 0 Å². The minimum absolute atomic E-state index is 0.723. The highest BCUT2D eigenvalue weighted by atomic mass is 32.2.